The molecule has 0 atom stereocenters. The predicted octanol–water partition coefficient (Wildman–Crippen LogP) is 3.68. The van der Waals surface area contributed by atoms with Gasteiger partial charge in [0.1, 0.15) is 17.3 Å². The van der Waals surface area contributed by atoms with Crippen LogP contribution in [0, 0.1) is 0 Å². The van der Waals surface area contributed by atoms with Gasteiger partial charge in [-0.1, -0.05) is 6.07 Å². The maximum Gasteiger partial charge on any atom is 0.180 e. The van der Waals surface area contributed by atoms with Gasteiger partial charge in [0, 0.05) is 36.0 Å². The second kappa shape index (κ2) is 9.03. The van der Waals surface area contributed by atoms with Gasteiger partial charge in [-0.15, -0.1) is 11.8 Å². The fourth-order valence-electron chi connectivity index (χ4n) is 2.95. The fraction of sp³-hybridized carbons (Fsp3) is 0.286. The standard InChI is InChI=1S/C21H22N4O2S/c1-26-17-5-7-18(8-6-17)28-15-16-14-20(25-10-12-27-13-11-25)24-21(23-16)19-4-2-3-9-22-19/h2-9,14H,10-13,15H2,1H3. The SMILES string of the molecule is COc1ccc(SCc2cc(N3CCOCC3)nc(-c3ccccn3)n2)cc1. The van der Waals surface area contributed by atoms with Crippen molar-refractivity contribution >= 4 is 17.6 Å². The van der Waals surface area contributed by atoms with Crippen LogP contribution < -0.4 is 9.64 Å². The van der Waals surface area contributed by atoms with Gasteiger partial charge in [0.15, 0.2) is 5.82 Å². The molecule has 144 valence electrons. The Hall–Kier alpha value is -2.64. The van der Waals surface area contributed by atoms with Gasteiger partial charge >= 0.3 is 0 Å². The van der Waals surface area contributed by atoms with E-state index in [0.717, 1.165) is 55.0 Å². The number of methoxy groups -OCH3 is 1. The number of thioether (sulfide) groups is 1. The van der Waals surface area contributed by atoms with Gasteiger partial charge in [0.2, 0.25) is 0 Å². The summed E-state index contributed by atoms with van der Waals surface area (Å²) in [6, 6.07) is 15.9. The Morgan fingerprint density at radius 1 is 1.07 bits per heavy atom. The highest BCUT2D eigenvalue weighted by atomic mass is 32.2. The summed E-state index contributed by atoms with van der Waals surface area (Å²) in [5.41, 5.74) is 1.77. The highest BCUT2D eigenvalue weighted by molar-refractivity contribution is 7.98. The van der Waals surface area contributed by atoms with Crippen LogP contribution in [0.15, 0.2) is 59.6 Å². The lowest BCUT2D eigenvalue weighted by atomic mass is 10.3. The van der Waals surface area contributed by atoms with E-state index < -0.39 is 0 Å². The number of aromatic nitrogens is 3. The van der Waals surface area contributed by atoms with Gasteiger partial charge < -0.3 is 14.4 Å². The van der Waals surface area contributed by atoms with Gasteiger partial charge in [-0.25, -0.2) is 9.97 Å². The molecule has 0 bridgehead atoms. The van der Waals surface area contributed by atoms with Crippen LogP contribution in [0.5, 0.6) is 5.75 Å². The lowest BCUT2D eigenvalue weighted by Gasteiger charge is -2.28. The van der Waals surface area contributed by atoms with E-state index in [0.29, 0.717) is 5.82 Å². The summed E-state index contributed by atoms with van der Waals surface area (Å²) in [4.78, 5) is 17.4. The zero-order valence-electron chi connectivity index (χ0n) is 15.7. The second-order valence-corrected chi connectivity index (χ2v) is 7.37. The quantitative estimate of drug-likeness (QED) is 0.591. The van der Waals surface area contributed by atoms with Crippen LogP contribution in [-0.4, -0.2) is 48.4 Å². The molecular weight excluding hydrogens is 372 g/mol. The molecule has 0 spiro atoms. The first-order chi connectivity index (χ1) is 13.8. The van der Waals surface area contributed by atoms with Crippen molar-refractivity contribution in [1.29, 1.82) is 0 Å². The number of morpholine rings is 1. The number of nitrogens with zero attached hydrogens (tertiary/aromatic N) is 4. The van der Waals surface area contributed by atoms with Crippen LogP contribution in [0.4, 0.5) is 5.82 Å². The molecule has 1 saturated heterocycles. The highest BCUT2D eigenvalue weighted by Gasteiger charge is 2.16. The zero-order valence-corrected chi connectivity index (χ0v) is 16.6. The van der Waals surface area contributed by atoms with Crippen molar-refractivity contribution in [3.8, 4) is 17.3 Å². The van der Waals surface area contributed by atoms with Gasteiger partial charge in [-0.3, -0.25) is 4.98 Å². The van der Waals surface area contributed by atoms with E-state index in [2.05, 4.69) is 28.1 Å². The van der Waals surface area contributed by atoms with Crippen molar-refractivity contribution in [3.05, 3.63) is 60.4 Å². The Kier molecular flexibility index (Phi) is 6.04. The Morgan fingerprint density at radius 3 is 2.61 bits per heavy atom. The summed E-state index contributed by atoms with van der Waals surface area (Å²) >= 11 is 1.74. The lowest BCUT2D eigenvalue weighted by Crippen LogP contribution is -2.37. The third-order valence-electron chi connectivity index (χ3n) is 4.44. The third kappa shape index (κ3) is 4.61. The molecule has 1 aliphatic heterocycles. The van der Waals surface area contributed by atoms with Crippen molar-refractivity contribution in [2.45, 2.75) is 10.6 Å². The van der Waals surface area contributed by atoms with E-state index in [1.165, 1.54) is 4.90 Å². The average molecular weight is 395 g/mol. The molecule has 0 radical (unpaired) electrons. The number of pyridine rings is 1. The van der Waals surface area contributed by atoms with Crippen molar-refractivity contribution in [2.75, 3.05) is 38.3 Å². The van der Waals surface area contributed by atoms with E-state index in [1.54, 1.807) is 25.1 Å². The molecule has 3 heterocycles. The fourth-order valence-corrected chi connectivity index (χ4v) is 3.74. The average Bonchev–Trinajstić information content (AvgIpc) is 2.79. The largest absolute Gasteiger partial charge is 0.497 e. The maximum atomic E-state index is 5.48. The Morgan fingerprint density at radius 2 is 1.89 bits per heavy atom. The van der Waals surface area contributed by atoms with Crippen LogP contribution in [-0.2, 0) is 10.5 Å². The first kappa shape index (κ1) is 18.7. The topological polar surface area (TPSA) is 60.4 Å². The van der Waals surface area contributed by atoms with E-state index in [4.69, 9.17) is 19.4 Å². The molecule has 0 unspecified atom stereocenters. The number of hydrogen-bond donors (Lipinski definition) is 0. The molecule has 7 heteroatoms. The minimum Gasteiger partial charge on any atom is -0.497 e. The molecule has 0 N–H and O–H groups in total. The molecular formula is C21H22N4O2S. The van der Waals surface area contributed by atoms with E-state index in [1.807, 2.05) is 30.3 Å². The first-order valence-corrected chi connectivity index (χ1v) is 10.2. The molecule has 1 fully saturated rings. The van der Waals surface area contributed by atoms with Crippen LogP contribution in [0.25, 0.3) is 11.5 Å². The molecule has 28 heavy (non-hydrogen) atoms. The Balaban J connectivity index is 1.59. The van der Waals surface area contributed by atoms with Crippen LogP contribution in [0.1, 0.15) is 5.69 Å². The molecule has 1 aliphatic rings. The summed E-state index contributed by atoms with van der Waals surface area (Å²) in [6.45, 7) is 3.12. The van der Waals surface area contributed by atoms with Crippen LogP contribution >= 0.6 is 11.8 Å². The van der Waals surface area contributed by atoms with Crippen LogP contribution in [0.3, 0.4) is 0 Å². The Labute approximate surface area is 168 Å². The van der Waals surface area contributed by atoms with Crippen molar-refractivity contribution < 1.29 is 9.47 Å². The third-order valence-corrected chi connectivity index (χ3v) is 5.49. The summed E-state index contributed by atoms with van der Waals surface area (Å²) < 4.78 is 10.7. The molecule has 0 saturated carbocycles. The van der Waals surface area contributed by atoms with Crippen LogP contribution in [0.2, 0.25) is 0 Å². The zero-order chi connectivity index (χ0) is 19.2. The first-order valence-electron chi connectivity index (χ1n) is 9.21. The summed E-state index contributed by atoms with van der Waals surface area (Å²) in [5.74, 6) is 3.21. The second-order valence-electron chi connectivity index (χ2n) is 6.32. The summed E-state index contributed by atoms with van der Waals surface area (Å²) in [7, 11) is 1.68. The Bertz CT molecular complexity index is 900. The molecule has 0 amide bonds. The number of ether oxygens (including phenoxy) is 2. The summed E-state index contributed by atoms with van der Waals surface area (Å²) in [6.07, 6.45) is 1.77. The van der Waals surface area contributed by atoms with E-state index >= 15 is 0 Å². The number of rotatable bonds is 6. The van der Waals surface area contributed by atoms with E-state index in [9.17, 15) is 0 Å². The normalized spacial score (nSPS) is 14.1. The van der Waals surface area contributed by atoms with E-state index in [-0.39, 0.29) is 0 Å². The minimum atomic E-state index is 0.662. The van der Waals surface area contributed by atoms with Gasteiger partial charge in [0.05, 0.1) is 26.0 Å². The monoisotopic (exact) mass is 394 g/mol. The maximum absolute atomic E-state index is 5.48. The highest BCUT2D eigenvalue weighted by Crippen LogP contribution is 2.27. The molecule has 1 aromatic carbocycles. The van der Waals surface area contributed by atoms with Gasteiger partial charge in [0.25, 0.3) is 0 Å². The van der Waals surface area contributed by atoms with Crippen molar-refractivity contribution in [1.82, 2.24) is 15.0 Å². The van der Waals surface area contributed by atoms with Crippen molar-refractivity contribution in [2.24, 2.45) is 0 Å². The molecule has 0 aliphatic carbocycles. The van der Waals surface area contributed by atoms with Gasteiger partial charge in [-0.2, -0.15) is 0 Å². The van der Waals surface area contributed by atoms with Crippen molar-refractivity contribution in [3.63, 3.8) is 0 Å². The molecule has 2 aromatic heterocycles. The number of benzene rings is 1. The predicted molar refractivity (Wildman–Crippen MR) is 111 cm³/mol. The number of anilines is 1. The minimum absolute atomic E-state index is 0.662. The number of hydrogen-bond acceptors (Lipinski definition) is 7. The lowest BCUT2D eigenvalue weighted by molar-refractivity contribution is 0.122. The molecule has 4 rings (SSSR count). The summed E-state index contributed by atoms with van der Waals surface area (Å²) in [5, 5.41) is 0. The smallest absolute Gasteiger partial charge is 0.180 e. The van der Waals surface area contributed by atoms with Gasteiger partial charge in [-0.05, 0) is 36.4 Å². The molecule has 3 aromatic rings. The molecule has 6 nitrogen and oxygen atoms in total.